The molecule has 0 aliphatic rings. The number of benzene rings is 1. The first kappa shape index (κ1) is 11.7. The summed E-state index contributed by atoms with van der Waals surface area (Å²) in [7, 11) is 1.56. The molecule has 0 unspecified atom stereocenters. The lowest BCUT2D eigenvalue weighted by Gasteiger charge is -2.19. The fourth-order valence-corrected chi connectivity index (χ4v) is 1.45. The molecule has 0 aliphatic heterocycles. The molecule has 0 atom stereocenters. The zero-order valence-electron chi connectivity index (χ0n) is 9.63. The van der Waals surface area contributed by atoms with Gasteiger partial charge in [-0.05, 0) is 32.4 Å². The van der Waals surface area contributed by atoms with Crippen LogP contribution in [0.3, 0.4) is 0 Å². The molecule has 1 aromatic rings. The zero-order valence-corrected chi connectivity index (χ0v) is 9.63. The number of carbonyl (C=O) groups is 1. The highest BCUT2D eigenvalue weighted by molar-refractivity contribution is 6.04. The van der Waals surface area contributed by atoms with E-state index < -0.39 is 5.54 Å². The molecule has 1 rings (SSSR count). The number of carbonyl (C=O) groups excluding carboxylic acids is 1. The molecule has 0 saturated heterocycles. The lowest BCUT2D eigenvalue weighted by atomic mass is 9.93. The second-order valence-corrected chi connectivity index (χ2v) is 4.21. The van der Waals surface area contributed by atoms with E-state index in [-0.39, 0.29) is 5.78 Å². The van der Waals surface area contributed by atoms with Crippen LogP contribution in [-0.4, -0.2) is 18.4 Å². The van der Waals surface area contributed by atoms with Gasteiger partial charge in [-0.2, -0.15) is 0 Å². The van der Waals surface area contributed by atoms with Crippen LogP contribution < -0.4 is 10.5 Å². The largest absolute Gasteiger partial charge is 0.496 e. The molecule has 0 bridgehead atoms. The summed E-state index contributed by atoms with van der Waals surface area (Å²) >= 11 is 0. The molecule has 0 saturated carbocycles. The van der Waals surface area contributed by atoms with E-state index >= 15 is 0 Å². The molecule has 2 N–H and O–H groups in total. The van der Waals surface area contributed by atoms with Crippen LogP contribution in [-0.2, 0) is 0 Å². The average Bonchev–Trinajstić information content (AvgIpc) is 2.14. The number of hydrogen-bond donors (Lipinski definition) is 1. The predicted octanol–water partition coefficient (Wildman–Crippen LogP) is 1.92. The maximum atomic E-state index is 12.0. The smallest absolute Gasteiger partial charge is 0.185 e. The van der Waals surface area contributed by atoms with Crippen LogP contribution >= 0.6 is 0 Å². The molecule has 0 radical (unpaired) electrons. The third-order valence-corrected chi connectivity index (χ3v) is 2.25. The van der Waals surface area contributed by atoms with Crippen molar-refractivity contribution in [1.82, 2.24) is 0 Å². The fraction of sp³-hybridized carbons (Fsp3) is 0.417. The van der Waals surface area contributed by atoms with E-state index in [9.17, 15) is 4.79 Å². The Morgan fingerprint density at radius 3 is 2.47 bits per heavy atom. The van der Waals surface area contributed by atoms with Crippen molar-refractivity contribution in [3.05, 3.63) is 29.3 Å². The van der Waals surface area contributed by atoms with Gasteiger partial charge in [-0.25, -0.2) is 0 Å². The maximum Gasteiger partial charge on any atom is 0.185 e. The summed E-state index contributed by atoms with van der Waals surface area (Å²) in [4.78, 5) is 12.0. The predicted molar refractivity (Wildman–Crippen MR) is 60.3 cm³/mol. The van der Waals surface area contributed by atoms with Gasteiger partial charge in [0.15, 0.2) is 5.78 Å². The Kier molecular flexibility index (Phi) is 3.15. The molecule has 0 amide bonds. The van der Waals surface area contributed by atoms with Crippen molar-refractivity contribution >= 4 is 5.78 Å². The summed E-state index contributed by atoms with van der Waals surface area (Å²) in [6.45, 7) is 5.29. The van der Waals surface area contributed by atoms with E-state index in [0.717, 1.165) is 5.56 Å². The van der Waals surface area contributed by atoms with Gasteiger partial charge in [-0.1, -0.05) is 12.1 Å². The minimum atomic E-state index is -0.874. The highest BCUT2D eigenvalue weighted by Gasteiger charge is 2.26. The van der Waals surface area contributed by atoms with Gasteiger partial charge in [0.05, 0.1) is 18.2 Å². The number of hydrogen-bond acceptors (Lipinski definition) is 3. The molecule has 0 fully saturated rings. The summed E-state index contributed by atoms with van der Waals surface area (Å²) in [5.41, 5.74) is 6.39. The zero-order chi connectivity index (χ0) is 11.6. The van der Waals surface area contributed by atoms with Crippen molar-refractivity contribution in [3.8, 4) is 5.75 Å². The SMILES string of the molecule is COc1c(C)cccc1C(=O)C(C)(C)N. The van der Waals surface area contributed by atoms with Gasteiger partial charge in [-0.3, -0.25) is 4.79 Å². The van der Waals surface area contributed by atoms with E-state index in [4.69, 9.17) is 10.5 Å². The van der Waals surface area contributed by atoms with Crippen LogP contribution in [0, 0.1) is 6.92 Å². The summed E-state index contributed by atoms with van der Waals surface area (Å²) in [5.74, 6) is 0.504. The van der Waals surface area contributed by atoms with Crippen molar-refractivity contribution in [1.29, 1.82) is 0 Å². The summed E-state index contributed by atoms with van der Waals surface area (Å²) in [6, 6.07) is 5.47. The minimum Gasteiger partial charge on any atom is -0.496 e. The molecular formula is C12H17NO2. The van der Waals surface area contributed by atoms with Crippen molar-refractivity contribution < 1.29 is 9.53 Å². The fourth-order valence-electron chi connectivity index (χ4n) is 1.45. The molecule has 3 heteroatoms. The summed E-state index contributed by atoms with van der Waals surface area (Å²) in [6.07, 6.45) is 0. The van der Waals surface area contributed by atoms with Crippen LogP contribution in [0.15, 0.2) is 18.2 Å². The van der Waals surface area contributed by atoms with Crippen LogP contribution in [0.2, 0.25) is 0 Å². The molecule has 0 aromatic heterocycles. The molecule has 82 valence electrons. The van der Waals surface area contributed by atoms with Crippen LogP contribution in [0.5, 0.6) is 5.75 Å². The Bertz CT molecular complexity index is 378. The van der Waals surface area contributed by atoms with Crippen LogP contribution in [0.25, 0.3) is 0 Å². The van der Waals surface area contributed by atoms with Crippen LogP contribution in [0.1, 0.15) is 29.8 Å². The Balaban J connectivity index is 3.26. The third kappa shape index (κ3) is 2.36. The number of aryl methyl sites for hydroxylation is 1. The van der Waals surface area contributed by atoms with Gasteiger partial charge in [0.25, 0.3) is 0 Å². The molecule has 15 heavy (non-hydrogen) atoms. The Morgan fingerprint density at radius 1 is 1.40 bits per heavy atom. The number of nitrogens with two attached hydrogens (primary N) is 1. The number of methoxy groups -OCH3 is 1. The highest BCUT2D eigenvalue weighted by Crippen LogP contribution is 2.25. The second-order valence-electron chi connectivity index (χ2n) is 4.21. The van der Waals surface area contributed by atoms with E-state index in [1.165, 1.54) is 0 Å². The summed E-state index contributed by atoms with van der Waals surface area (Å²) in [5, 5.41) is 0. The topological polar surface area (TPSA) is 52.3 Å². The first-order valence-corrected chi connectivity index (χ1v) is 4.85. The van der Waals surface area contributed by atoms with Gasteiger partial charge >= 0.3 is 0 Å². The van der Waals surface area contributed by atoms with Crippen molar-refractivity contribution in [2.24, 2.45) is 5.73 Å². The molecular weight excluding hydrogens is 190 g/mol. The number of rotatable bonds is 3. The number of ketones is 1. The lowest BCUT2D eigenvalue weighted by Crippen LogP contribution is -2.41. The van der Waals surface area contributed by atoms with E-state index in [0.29, 0.717) is 11.3 Å². The van der Waals surface area contributed by atoms with E-state index in [1.54, 1.807) is 27.0 Å². The maximum absolute atomic E-state index is 12.0. The van der Waals surface area contributed by atoms with Gasteiger partial charge in [0.1, 0.15) is 5.75 Å². The van der Waals surface area contributed by atoms with E-state index in [2.05, 4.69) is 0 Å². The summed E-state index contributed by atoms with van der Waals surface area (Å²) < 4.78 is 5.22. The van der Waals surface area contributed by atoms with Gasteiger partial charge in [-0.15, -0.1) is 0 Å². The Morgan fingerprint density at radius 2 is 2.00 bits per heavy atom. The molecule has 0 spiro atoms. The number of para-hydroxylation sites is 1. The molecule has 0 heterocycles. The van der Waals surface area contributed by atoms with Gasteiger partial charge in [0.2, 0.25) is 0 Å². The molecule has 1 aromatic carbocycles. The first-order valence-electron chi connectivity index (χ1n) is 4.85. The average molecular weight is 207 g/mol. The minimum absolute atomic E-state index is 0.108. The van der Waals surface area contributed by atoms with Gasteiger partial charge < -0.3 is 10.5 Å². The monoisotopic (exact) mass is 207 g/mol. The number of ether oxygens (including phenoxy) is 1. The molecule has 0 aliphatic carbocycles. The second kappa shape index (κ2) is 4.03. The third-order valence-electron chi connectivity index (χ3n) is 2.25. The van der Waals surface area contributed by atoms with Crippen molar-refractivity contribution in [2.75, 3.05) is 7.11 Å². The number of Topliss-reactive ketones (excluding diaryl/α,β-unsaturated/α-hetero) is 1. The van der Waals surface area contributed by atoms with Crippen molar-refractivity contribution in [2.45, 2.75) is 26.3 Å². The molecule has 3 nitrogen and oxygen atoms in total. The quantitative estimate of drug-likeness (QED) is 0.770. The van der Waals surface area contributed by atoms with E-state index in [1.807, 2.05) is 19.1 Å². The Hall–Kier alpha value is -1.35. The lowest BCUT2D eigenvalue weighted by molar-refractivity contribution is 0.0910. The standard InChI is InChI=1S/C12H17NO2/c1-8-6-5-7-9(10(8)15-4)11(14)12(2,3)13/h5-7H,13H2,1-4H3. The normalized spacial score (nSPS) is 11.3. The van der Waals surface area contributed by atoms with Gasteiger partial charge in [0, 0.05) is 0 Å². The van der Waals surface area contributed by atoms with Crippen molar-refractivity contribution in [3.63, 3.8) is 0 Å². The Labute approximate surface area is 90.2 Å². The first-order chi connectivity index (χ1) is 6.88. The highest BCUT2D eigenvalue weighted by atomic mass is 16.5. The van der Waals surface area contributed by atoms with Crippen LogP contribution in [0.4, 0.5) is 0 Å².